The van der Waals surface area contributed by atoms with E-state index >= 15 is 0 Å². The summed E-state index contributed by atoms with van der Waals surface area (Å²) in [6.45, 7) is 2.03. The molecule has 1 aliphatic heterocycles. The summed E-state index contributed by atoms with van der Waals surface area (Å²) < 4.78 is 27.0. The fourth-order valence-electron chi connectivity index (χ4n) is 2.92. The second kappa shape index (κ2) is 7.56. The average Bonchev–Trinajstić information content (AvgIpc) is 2.63. The van der Waals surface area contributed by atoms with Crippen LogP contribution in [0.1, 0.15) is 5.56 Å². The molecule has 2 aromatic rings. The number of hydrogen-bond donors (Lipinski definition) is 0. The van der Waals surface area contributed by atoms with Crippen molar-refractivity contribution in [1.29, 1.82) is 0 Å². The Labute approximate surface area is 152 Å². The van der Waals surface area contributed by atoms with Crippen LogP contribution in [0.5, 0.6) is 0 Å². The normalized spacial score (nSPS) is 16.0. The molecule has 0 saturated carbocycles. The molecule has 0 aliphatic carbocycles. The number of benzene rings is 2. The maximum atomic E-state index is 12.8. The molecular formula is C18H19ClN2O3S. The molecule has 1 heterocycles. The van der Waals surface area contributed by atoms with E-state index < -0.39 is 10.0 Å². The van der Waals surface area contributed by atoms with Crippen molar-refractivity contribution in [2.75, 3.05) is 31.1 Å². The number of carbonyl (C=O) groups is 1. The summed E-state index contributed by atoms with van der Waals surface area (Å²) in [7, 11) is -3.58. The fourth-order valence-corrected chi connectivity index (χ4v) is 4.83. The lowest BCUT2D eigenvalue weighted by Crippen LogP contribution is -2.48. The third-order valence-electron chi connectivity index (χ3n) is 4.31. The molecule has 0 aromatic heterocycles. The highest BCUT2D eigenvalue weighted by molar-refractivity contribution is 7.89. The van der Waals surface area contributed by atoms with Crippen molar-refractivity contribution in [3.63, 3.8) is 0 Å². The molecule has 0 atom stereocenters. The minimum absolute atomic E-state index is 0.156. The SMILES string of the molecule is O=CCc1ccc(N2CCN(S(=O)(=O)c3ccccc3Cl)CC2)cc1. The zero-order chi connectivity index (χ0) is 17.9. The number of piperazine rings is 1. The quantitative estimate of drug-likeness (QED) is 0.750. The van der Waals surface area contributed by atoms with Gasteiger partial charge in [0.2, 0.25) is 10.0 Å². The van der Waals surface area contributed by atoms with Gasteiger partial charge in [-0.25, -0.2) is 8.42 Å². The Balaban J connectivity index is 1.69. The molecule has 132 valence electrons. The lowest BCUT2D eigenvalue weighted by Gasteiger charge is -2.35. The Hall–Kier alpha value is -1.89. The highest BCUT2D eigenvalue weighted by Crippen LogP contribution is 2.26. The zero-order valence-electron chi connectivity index (χ0n) is 13.6. The Morgan fingerprint density at radius 1 is 0.960 bits per heavy atom. The second-order valence-corrected chi connectivity index (χ2v) is 8.17. The van der Waals surface area contributed by atoms with Crippen molar-refractivity contribution in [2.24, 2.45) is 0 Å². The molecule has 1 fully saturated rings. The molecule has 3 rings (SSSR count). The van der Waals surface area contributed by atoms with Gasteiger partial charge in [-0.2, -0.15) is 4.31 Å². The zero-order valence-corrected chi connectivity index (χ0v) is 15.2. The highest BCUT2D eigenvalue weighted by Gasteiger charge is 2.29. The van der Waals surface area contributed by atoms with Crippen LogP contribution in [0.4, 0.5) is 5.69 Å². The van der Waals surface area contributed by atoms with Gasteiger partial charge in [-0.3, -0.25) is 0 Å². The Morgan fingerprint density at radius 3 is 2.20 bits per heavy atom. The molecule has 5 nitrogen and oxygen atoms in total. The van der Waals surface area contributed by atoms with Crippen LogP contribution in [0, 0.1) is 0 Å². The lowest BCUT2D eigenvalue weighted by atomic mass is 10.1. The molecule has 0 amide bonds. The second-order valence-electron chi connectivity index (χ2n) is 5.86. The van der Waals surface area contributed by atoms with Crippen LogP contribution in [0.25, 0.3) is 0 Å². The molecule has 1 saturated heterocycles. The topological polar surface area (TPSA) is 57.7 Å². The third kappa shape index (κ3) is 3.86. The number of aldehydes is 1. The summed E-state index contributed by atoms with van der Waals surface area (Å²) >= 11 is 6.05. The predicted molar refractivity (Wildman–Crippen MR) is 98.6 cm³/mol. The van der Waals surface area contributed by atoms with Gasteiger partial charge in [0.05, 0.1) is 5.02 Å². The van der Waals surface area contributed by atoms with Gasteiger partial charge < -0.3 is 9.69 Å². The van der Waals surface area contributed by atoms with E-state index in [4.69, 9.17) is 11.6 Å². The van der Waals surface area contributed by atoms with Crippen LogP contribution in [-0.2, 0) is 21.2 Å². The summed E-state index contributed by atoms with van der Waals surface area (Å²) in [5, 5.41) is 0.246. The van der Waals surface area contributed by atoms with E-state index in [1.165, 1.54) is 10.4 Å². The number of nitrogens with zero attached hydrogens (tertiary/aromatic N) is 2. The summed E-state index contributed by atoms with van der Waals surface area (Å²) in [6.07, 6.45) is 1.29. The minimum Gasteiger partial charge on any atom is -0.369 e. The standard InChI is InChI=1S/C18H19ClN2O3S/c19-17-3-1-2-4-18(17)25(23,24)21-12-10-20(11-13-21)16-7-5-15(6-8-16)9-14-22/h1-8,14H,9-13H2. The lowest BCUT2D eigenvalue weighted by molar-refractivity contribution is -0.107. The van der Waals surface area contributed by atoms with E-state index in [2.05, 4.69) is 4.90 Å². The van der Waals surface area contributed by atoms with Gasteiger partial charge in [-0.05, 0) is 29.8 Å². The number of hydrogen-bond acceptors (Lipinski definition) is 4. The van der Waals surface area contributed by atoms with Gasteiger partial charge in [-0.1, -0.05) is 35.9 Å². The third-order valence-corrected chi connectivity index (χ3v) is 6.71. The predicted octanol–water partition coefficient (Wildman–Crippen LogP) is 2.59. The van der Waals surface area contributed by atoms with Crippen molar-refractivity contribution in [3.8, 4) is 0 Å². The molecule has 0 N–H and O–H groups in total. The number of sulfonamides is 1. The van der Waals surface area contributed by atoms with Crippen molar-refractivity contribution < 1.29 is 13.2 Å². The van der Waals surface area contributed by atoms with Crippen molar-refractivity contribution in [3.05, 3.63) is 59.1 Å². The molecular weight excluding hydrogens is 360 g/mol. The molecule has 0 radical (unpaired) electrons. The molecule has 25 heavy (non-hydrogen) atoms. The molecule has 7 heteroatoms. The van der Waals surface area contributed by atoms with Gasteiger partial charge >= 0.3 is 0 Å². The first-order valence-corrected chi connectivity index (χ1v) is 9.86. The summed E-state index contributed by atoms with van der Waals surface area (Å²) in [6, 6.07) is 14.3. The van der Waals surface area contributed by atoms with E-state index in [-0.39, 0.29) is 9.92 Å². The fraction of sp³-hybridized carbons (Fsp3) is 0.278. The number of carbonyl (C=O) groups excluding carboxylic acids is 1. The van der Waals surface area contributed by atoms with Crippen LogP contribution in [0.3, 0.4) is 0 Å². The Bertz CT molecular complexity index is 845. The molecule has 0 bridgehead atoms. The first kappa shape index (κ1) is 17.9. The van der Waals surface area contributed by atoms with Crippen molar-refractivity contribution in [2.45, 2.75) is 11.3 Å². The van der Waals surface area contributed by atoms with Crippen LogP contribution in [-0.4, -0.2) is 45.2 Å². The molecule has 1 aliphatic rings. The Morgan fingerprint density at radius 2 is 1.60 bits per heavy atom. The first-order valence-electron chi connectivity index (χ1n) is 8.04. The molecule has 2 aromatic carbocycles. The first-order chi connectivity index (χ1) is 12.0. The van der Waals surface area contributed by atoms with Crippen molar-refractivity contribution in [1.82, 2.24) is 4.31 Å². The van der Waals surface area contributed by atoms with Gasteiger partial charge in [-0.15, -0.1) is 0 Å². The van der Waals surface area contributed by atoms with Gasteiger partial charge in [0, 0.05) is 38.3 Å². The minimum atomic E-state index is -3.58. The molecule has 0 spiro atoms. The number of rotatable bonds is 5. The molecule has 0 unspecified atom stereocenters. The van der Waals surface area contributed by atoms with Crippen LogP contribution in [0.15, 0.2) is 53.4 Å². The highest BCUT2D eigenvalue weighted by atomic mass is 35.5. The largest absolute Gasteiger partial charge is 0.369 e. The van der Waals surface area contributed by atoms with Gasteiger partial charge in [0.15, 0.2) is 0 Å². The van der Waals surface area contributed by atoms with Gasteiger partial charge in [0.25, 0.3) is 0 Å². The average molecular weight is 379 g/mol. The summed E-state index contributed by atoms with van der Waals surface area (Å²) in [5.74, 6) is 0. The Kier molecular flexibility index (Phi) is 5.42. The van der Waals surface area contributed by atoms with E-state index in [9.17, 15) is 13.2 Å². The van der Waals surface area contributed by atoms with E-state index in [0.717, 1.165) is 17.5 Å². The van der Waals surface area contributed by atoms with Crippen molar-refractivity contribution >= 4 is 33.6 Å². The maximum Gasteiger partial charge on any atom is 0.244 e. The van der Waals surface area contributed by atoms with Crippen LogP contribution < -0.4 is 4.90 Å². The van der Waals surface area contributed by atoms with Crippen LogP contribution >= 0.6 is 11.6 Å². The monoisotopic (exact) mass is 378 g/mol. The smallest absolute Gasteiger partial charge is 0.244 e. The van der Waals surface area contributed by atoms with E-state index in [1.807, 2.05) is 24.3 Å². The number of halogens is 1. The van der Waals surface area contributed by atoms with Crippen LogP contribution in [0.2, 0.25) is 5.02 Å². The van der Waals surface area contributed by atoms with E-state index in [1.54, 1.807) is 18.2 Å². The van der Waals surface area contributed by atoms with Gasteiger partial charge in [0.1, 0.15) is 11.2 Å². The summed E-state index contributed by atoms with van der Waals surface area (Å²) in [5.41, 5.74) is 2.00. The van der Waals surface area contributed by atoms with E-state index in [0.29, 0.717) is 32.6 Å². The maximum absolute atomic E-state index is 12.8. The number of anilines is 1. The summed E-state index contributed by atoms with van der Waals surface area (Å²) in [4.78, 5) is 12.8.